The van der Waals surface area contributed by atoms with Crippen molar-refractivity contribution in [2.24, 2.45) is 0 Å². The molecule has 1 amide bonds. The second kappa shape index (κ2) is 9.87. The predicted octanol–water partition coefficient (Wildman–Crippen LogP) is 2.60. The molecule has 0 saturated carbocycles. The van der Waals surface area contributed by atoms with Gasteiger partial charge in [0.25, 0.3) is 5.91 Å². The third kappa shape index (κ3) is 5.13. The Bertz CT molecular complexity index is 1270. The topological polar surface area (TPSA) is 130 Å². The zero-order chi connectivity index (χ0) is 23.2. The van der Waals surface area contributed by atoms with Crippen LogP contribution in [-0.4, -0.2) is 57.9 Å². The molecule has 4 rings (SSSR count). The highest BCUT2D eigenvalue weighted by Gasteiger charge is 2.15. The van der Waals surface area contributed by atoms with E-state index in [0.717, 1.165) is 5.56 Å². The fourth-order valence-electron chi connectivity index (χ4n) is 2.89. The van der Waals surface area contributed by atoms with Crippen molar-refractivity contribution in [2.45, 2.75) is 0 Å². The largest absolute Gasteiger partial charge is 0.497 e. The molecule has 0 fully saturated rings. The van der Waals surface area contributed by atoms with Crippen molar-refractivity contribution in [2.75, 3.05) is 26.1 Å². The van der Waals surface area contributed by atoms with Crippen molar-refractivity contribution >= 4 is 28.3 Å². The van der Waals surface area contributed by atoms with E-state index >= 15 is 0 Å². The lowest BCUT2D eigenvalue weighted by molar-refractivity contribution is -0.119. The van der Waals surface area contributed by atoms with Gasteiger partial charge in [-0.1, -0.05) is 6.07 Å². The molecule has 0 bridgehead atoms. The highest BCUT2D eigenvalue weighted by molar-refractivity contribution is 7.14. The summed E-state index contributed by atoms with van der Waals surface area (Å²) in [5.41, 5.74) is 2.18. The Labute approximate surface area is 191 Å². The summed E-state index contributed by atoms with van der Waals surface area (Å²) < 4.78 is 17.2. The number of benzene rings is 2. The van der Waals surface area contributed by atoms with Gasteiger partial charge in [0.2, 0.25) is 0 Å². The van der Waals surface area contributed by atoms with E-state index in [-0.39, 0.29) is 5.56 Å². The molecule has 0 aliphatic heterocycles. The Kier molecular flexibility index (Phi) is 6.55. The highest BCUT2D eigenvalue weighted by atomic mass is 32.1. The van der Waals surface area contributed by atoms with E-state index in [2.05, 4.69) is 25.8 Å². The van der Waals surface area contributed by atoms with Gasteiger partial charge in [0.05, 0.1) is 31.2 Å². The summed E-state index contributed by atoms with van der Waals surface area (Å²) in [5, 5.41) is 15.7. The van der Waals surface area contributed by atoms with Gasteiger partial charge in [0.1, 0.15) is 17.8 Å². The van der Waals surface area contributed by atoms with Crippen LogP contribution in [0.4, 0.5) is 5.13 Å². The van der Waals surface area contributed by atoms with Crippen LogP contribution in [0.15, 0.2) is 54.2 Å². The van der Waals surface area contributed by atoms with Crippen molar-refractivity contribution < 1.29 is 23.8 Å². The van der Waals surface area contributed by atoms with Crippen molar-refractivity contribution in [1.29, 1.82) is 0 Å². The molecule has 33 heavy (non-hydrogen) atoms. The van der Waals surface area contributed by atoms with Crippen LogP contribution in [-0.2, 0) is 9.53 Å². The number of thiazole rings is 1. The van der Waals surface area contributed by atoms with Gasteiger partial charge in [0.15, 0.2) is 11.7 Å². The number of ether oxygens (including phenoxy) is 3. The zero-order valence-corrected chi connectivity index (χ0v) is 18.4. The summed E-state index contributed by atoms with van der Waals surface area (Å²) in [5.74, 6) is 0.108. The van der Waals surface area contributed by atoms with Crippen LogP contribution in [0.3, 0.4) is 0 Å². The normalized spacial score (nSPS) is 10.5. The van der Waals surface area contributed by atoms with Crippen LogP contribution in [0.1, 0.15) is 10.4 Å². The summed E-state index contributed by atoms with van der Waals surface area (Å²) >= 11 is 1.23. The quantitative estimate of drug-likeness (QED) is 0.389. The maximum atomic E-state index is 12.3. The van der Waals surface area contributed by atoms with Crippen LogP contribution in [0.25, 0.3) is 16.9 Å². The molecule has 168 valence electrons. The molecule has 2 heterocycles. The Hall–Kier alpha value is -4.32. The summed E-state index contributed by atoms with van der Waals surface area (Å²) in [6, 6.07) is 11.9. The number of nitrogens with one attached hydrogen (secondary N) is 1. The number of aromatic nitrogens is 5. The molecule has 2 aromatic heterocycles. The first-order valence-electron chi connectivity index (χ1n) is 9.55. The lowest BCUT2D eigenvalue weighted by Crippen LogP contribution is -2.21. The summed E-state index contributed by atoms with van der Waals surface area (Å²) in [7, 11) is 3.13. The first-order valence-corrected chi connectivity index (χ1v) is 10.4. The number of hydrogen-bond acceptors (Lipinski definition) is 10. The second-order valence-electron chi connectivity index (χ2n) is 6.53. The van der Waals surface area contributed by atoms with E-state index in [9.17, 15) is 9.59 Å². The van der Waals surface area contributed by atoms with E-state index < -0.39 is 18.5 Å². The molecule has 2 aromatic carbocycles. The molecule has 0 radical (unpaired) electrons. The SMILES string of the molecule is COc1ccc(OC)c(-c2csc(NC(=O)COC(=O)c3cccc(-n4cnnn4)c3)n2)c1. The fourth-order valence-corrected chi connectivity index (χ4v) is 3.62. The Morgan fingerprint density at radius 2 is 2.00 bits per heavy atom. The third-order valence-corrected chi connectivity index (χ3v) is 5.22. The predicted molar refractivity (Wildman–Crippen MR) is 119 cm³/mol. The van der Waals surface area contributed by atoms with Gasteiger partial charge in [-0.25, -0.2) is 14.5 Å². The summed E-state index contributed by atoms with van der Waals surface area (Å²) in [6.07, 6.45) is 1.40. The lowest BCUT2D eigenvalue weighted by Gasteiger charge is -2.08. The van der Waals surface area contributed by atoms with Crippen molar-refractivity contribution in [3.63, 3.8) is 0 Å². The number of nitrogens with zero attached hydrogens (tertiary/aromatic N) is 5. The lowest BCUT2D eigenvalue weighted by atomic mass is 10.1. The second-order valence-corrected chi connectivity index (χ2v) is 7.39. The maximum Gasteiger partial charge on any atom is 0.338 e. The van der Waals surface area contributed by atoms with Crippen LogP contribution >= 0.6 is 11.3 Å². The molecule has 0 unspecified atom stereocenters. The molecule has 1 N–H and O–H groups in total. The summed E-state index contributed by atoms with van der Waals surface area (Å²) in [6.45, 7) is -0.467. The number of tetrazole rings is 1. The molecule has 0 aliphatic carbocycles. The average Bonchev–Trinajstić information content (AvgIpc) is 3.55. The molecule has 0 saturated heterocycles. The van der Waals surface area contributed by atoms with Crippen LogP contribution in [0, 0.1) is 0 Å². The molecule has 0 spiro atoms. The maximum absolute atomic E-state index is 12.3. The average molecular weight is 466 g/mol. The van der Waals surface area contributed by atoms with Crippen LogP contribution in [0.2, 0.25) is 0 Å². The van der Waals surface area contributed by atoms with Crippen LogP contribution < -0.4 is 14.8 Å². The molecule has 11 nitrogen and oxygen atoms in total. The first-order chi connectivity index (χ1) is 16.1. The molecular formula is C21H18N6O5S. The zero-order valence-electron chi connectivity index (χ0n) is 17.6. The number of amides is 1. The van der Waals surface area contributed by atoms with Crippen molar-refractivity contribution in [1.82, 2.24) is 25.2 Å². The van der Waals surface area contributed by atoms with Gasteiger partial charge in [-0.2, -0.15) is 0 Å². The smallest absolute Gasteiger partial charge is 0.338 e. The van der Waals surface area contributed by atoms with Crippen LogP contribution in [0.5, 0.6) is 11.5 Å². The van der Waals surface area contributed by atoms with E-state index in [4.69, 9.17) is 14.2 Å². The number of anilines is 1. The number of esters is 1. The number of methoxy groups -OCH3 is 2. The van der Waals surface area contributed by atoms with E-state index in [1.165, 1.54) is 22.3 Å². The molecule has 4 aromatic rings. The third-order valence-electron chi connectivity index (χ3n) is 4.46. The van der Waals surface area contributed by atoms with E-state index in [1.54, 1.807) is 62.1 Å². The van der Waals surface area contributed by atoms with E-state index in [0.29, 0.717) is 28.0 Å². The minimum Gasteiger partial charge on any atom is -0.497 e. The molecule has 0 aliphatic rings. The number of carbonyl (C=O) groups is 2. The molecule has 12 heteroatoms. The summed E-state index contributed by atoms with van der Waals surface area (Å²) in [4.78, 5) is 29.0. The molecular weight excluding hydrogens is 448 g/mol. The van der Waals surface area contributed by atoms with Gasteiger partial charge in [-0.3, -0.25) is 10.1 Å². The highest BCUT2D eigenvalue weighted by Crippen LogP contribution is 2.35. The monoisotopic (exact) mass is 466 g/mol. The first kappa shape index (κ1) is 21.9. The Balaban J connectivity index is 1.37. The van der Waals surface area contributed by atoms with E-state index in [1.807, 2.05) is 0 Å². The molecule has 0 atom stereocenters. The number of hydrogen-bond donors (Lipinski definition) is 1. The van der Waals surface area contributed by atoms with Gasteiger partial charge >= 0.3 is 5.97 Å². The van der Waals surface area contributed by atoms with Crippen molar-refractivity contribution in [3.05, 3.63) is 59.7 Å². The standard InChI is InChI=1S/C21H18N6O5S/c1-30-15-6-7-18(31-2)16(9-15)17-11-33-21(23-17)24-19(28)10-32-20(29)13-4-3-5-14(8-13)27-12-22-25-26-27/h3-9,11-12H,10H2,1-2H3,(H,23,24,28). The van der Waals surface area contributed by atoms with Gasteiger partial charge in [-0.05, 0) is 46.8 Å². The van der Waals surface area contributed by atoms with Gasteiger partial charge in [-0.15, -0.1) is 16.4 Å². The number of carbonyl (C=O) groups excluding carboxylic acids is 2. The van der Waals surface area contributed by atoms with Gasteiger partial charge in [0, 0.05) is 10.9 Å². The van der Waals surface area contributed by atoms with Gasteiger partial charge < -0.3 is 14.2 Å². The van der Waals surface area contributed by atoms with Crippen molar-refractivity contribution in [3.8, 4) is 28.4 Å². The Morgan fingerprint density at radius 3 is 2.76 bits per heavy atom. The Morgan fingerprint density at radius 1 is 1.12 bits per heavy atom. The fraction of sp³-hybridized carbons (Fsp3) is 0.143. The minimum atomic E-state index is -0.652. The minimum absolute atomic E-state index is 0.262. The number of rotatable bonds is 8.